The lowest BCUT2D eigenvalue weighted by Gasteiger charge is -2.14. The monoisotopic (exact) mass is 406 g/mol. The molecule has 3 aromatic rings. The SMILES string of the molecule is C=C(C)/C(=C(/C)OC)c1cc2c(C(O)c3ccccc3OP(F)F)c[nH]c2[nH]1. The van der Waals surface area contributed by atoms with Crippen molar-refractivity contribution >= 4 is 25.4 Å². The van der Waals surface area contributed by atoms with Gasteiger partial charge in [-0.3, -0.25) is 0 Å². The molecule has 148 valence electrons. The summed E-state index contributed by atoms with van der Waals surface area (Å²) in [5.41, 5.74) is 3.95. The molecule has 8 heteroatoms. The molecule has 1 atom stereocenters. The second kappa shape index (κ2) is 8.17. The van der Waals surface area contributed by atoms with Crippen molar-refractivity contribution in [2.45, 2.75) is 20.0 Å². The highest BCUT2D eigenvalue weighted by Crippen LogP contribution is 2.44. The van der Waals surface area contributed by atoms with Gasteiger partial charge in [-0.2, -0.15) is 0 Å². The highest BCUT2D eigenvalue weighted by atomic mass is 31.2. The highest BCUT2D eigenvalue weighted by Gasteiger charge is 2.23. The molecule has 2 aromatic heterocycles. The molecule has 5 nitrogen and oxygen atoms in total. The first-order chi connectivity index (χ1) is 13.3. The molecule has 2 heterocycles. The van der Waals surface area contributed by atoms with Crippen molar-refractivity contribution in [2.75, 3.05) is 7.11 Å². The normalized spacial score (nSPS) is 13.5. The number of para-hydroxylation sites is 1. The van der Waals surface area contributed by atoms with Gasteiger partial charge in [0, 0.05) is 28.3 Å². The summed E-state index contributed by atoms with van der Waals surface area (Å²) in [6, 6.07) is 8.11. The Morgan fingerprint density at radius 2 is 1.93 bits per heavy atom. The first-order valence-corrected chi connectivity index (χ1v) is 9.55. The lowest BCUT2D eigenvalue weighted by Crippen LogP contribution is -2.01. The summed E-state index contributed by atoms with van der Waals surface area (Å²) in [4.78, 5) is 6.33. The van der Waals surface area contributed by atoms with Gasteiger partial charge in [-0.15, -0.1) is 8.39 Å². The number of aliphatic hydroxyl groups excluding tert-OH is 1. The Labute approximate surface area is 162 Å². The molecule has 0 spiro atoms. The van der Waals surface area contributed by atoms with Crippen LogP contribution in [0.2, 0.25) is 0 Å². The Morgan fingerprint density at radius 3 is 2.57 bits per heavy atom. The number of aromatic nitrogens is 2. The second-order valence-electron chi connectivity index (χ2n) is 6.36. The van der Waals surface area contributed by atoms with Crippen LogP contribution < -0.4 is 4.52 Å². The maximum absolute atomic E-state index is 12.8. The number of aliphatic hydroxyl groups is 1. The van der Waals surface area contributed by atoms with Crippen molar-refractivity contribution in [1.29, 1.82) is 0 Å². The summed E-state index contributed by atoms with van der Waals surface area (Å²) >= 11 is 0. The van der Waals surface area contributed by atoms with Gasteiger partial charge in [-0.1, -0.05) is 24.8 Å². The van der Waals surface area contributed by atoms with Gasteiger partial charge >= 0.3 is 8.77 Å². The van der Waals surface area contributed by atoms with Gasteiger partial charge in [-0.25, -0.2) is 0 Å². The standard InChI is InChI=1S/C20H21F2N2O3P/c1-11(2)18(12(3)26-4)16-9-14-15(10-23-20(14)24-16)19(25)13-7-5-6-8-17(13)27-28(21)22/h5-10,19,23-25H,1H2,2-4H3/b18-12+. The highest BCUT2D eigenvalue weighted by molar-refractivity contribution is 7.41. The number of methoxy groups -OCH3 is 1. The fourth-order valence-electron chi connectivity index (χ4n) is 3.24. The Hall–Kier alpha value is -2.63. The van der Waals surface area contributed by atoms with Crippen LogP contribution in [0.15, 0.2) is 54.4 Å². The van der Waals surface area contributed by atoms with Crippen molar-refractivity contribution in [1.82, 2.24) is 9.97 Å². The number of hydrogen-bond donors (Lipinski definition) is 3. The first kappa shape index (κ1) is 20.1. The number of hydrogen-bond acceptors (Lipinski definition) is 3. The number of ether oxygens (including phenoxy) is 1. The van der Waals surface area contributed by atoms with Crippen molar-refractivity contribution in [3.63, 3.8) is 0 Å². The zero-order valence-corrected chi connectivity index (χ0v) is 16.6. The third kappa shape index (κ3) is 3.81. The summed E-state index contributed by atoms with van der Waals surface area (Å²) in [5, 5.41) is 11.6. The van der Waals surface area contributed by atoms with Gasteiger partial charge in [0.1, 0.15) is 23.3 Å². The fraction of sp³-hybridized carbons (Fsp3) is 0.200. The van der Waals surface area contributed by atoms with Crippen LogP contribution >= 0.6 is 8.77 Å². The minimum atomic E-state index is -3.59. The molecule has 3 rings (SSSR count). The molecule has 0 amide bonds. The number of aromatic amines is 2. The van der Waals surface area contributed by atoms with E-state index in [1.807, 2.05) is 19.9 Å². The minimum Gasteiger partial charge on any atom is -0.501 e. The molecule has 3 N–H and O–H groups in total. The zero-order valence-electron chi connectivity index (χ0n) is 15.7. The zero-order chi connectivity index (χ0) is 20.4. The van der Waals surface area contributed by atoms with Crippen molar-refractivity contribution in [3.8, 4) is 5.75 Å². The van der Waals surface area contributed by atoms with Gasteiger partial charge < -0.3 is 24.3 Å². The smallest absolute Gasteiger partial charge is 0.481 e. The van der Waals surface area contributed by atoms with E-state index in [9.17, 15) is 13.5 Å². The fourth-order valence-corrected chi connectivity index (χ4v) is 3.55. The average molecular weight is 406 g/mol. The molecule has 0 aliphatic carbocycles. The third-order valence-corrected chi connectivity index (χ3v) is 4.87. The van der Waals surface area contributed by atoms with Gasteiger partial charge in [-0.05, 0) is 31.6 Å². The molecule has 1 aromatic carbocycles. The predicted octanol–water partition coefficient (Wildman–Crippen LogP) is 6.08. The first-order valence-electron chi connectivity index (χ1n) is 8.51. The van der Waals surface area contributed by atoms with E-state index < -0.39 is 14.9 Å². The van der Waals surface area contributed by atoms with Gasteiger partial charge in [0.25, 0.3) is 0 Å². The van der Waals surface area contributed by atoms with E-state index in [1.54, 1.807) is 31.5 Å². The van der Waals surface area contributed by atoms with E-state index in [-0.39, 0.29) is 11.3 Å². The topological polar surface area (TPSA) is 70.3 Å². The van der Waals surface area contributed by atoms with Crippen LogP contribution in [-0.2, 0) is 4.74 Å². The molecule has 0 fully saturated rings. The number of H-pyrrole nitrogens is 2. The summed E-state index contributed by atoms with van der Waals surface area (Å²) in [5.74, 6) is 0.672. The van der Waals surface area contributed by atoms with E-state index in [0.29, 0.717) is 17.0 Å². The van der Waals surface area contributed by atoms with E-state index in [1.165, 1.54) is 6.07 Å². The molecule has 0 saturated carbocycles. The predicted molar refractivity (Wildman–Crippen MR) is 107 cm³/mol. The molecule has 1 unspecified atom stereocenters. The van der Waals surface area contributed by atoms with Crippen LogP contribution in [0.4, 0.5) is 8.39 Å². The van der Waals surface area contributed by atoms with Crippen LogP contribution in [-0.4, -0.2) is 22.2 Å². The molecule has 0 aliphatic rings. The lowest BCUT2D eigenvalue weighted by molar-refractivity contribution is 0.219. The molecule has 28 heavy (non-hydrogen) atoms. The molecular weight excluding hydrogens is 385 g/mol. The van der Waals surface area contributed by atoms with E-state index in [2.05, 4.69) is 21.1 Å². The number of nitrogens with one attached hydrogen (secondary N) is 2. The molecular formula is C20H21F2N2O3P. The van der Waals surface area contributed by atoms with Gasteiger partial charge in [0.2, 0.25) is 0 Å². The maximum atomic E-state index is 12.8. The maximum Gasteiger partial charge on any atom is 0.481 e. The van der Waals surface area contributed by atoms with Crippen LogP contribution in [0.25, 0.3) is 16.6 Å². The van der Waals surface area contributed by atoms with Crippen LogP contribution in [0.3, 0.4) is 0 Å². The van der Waals surface area contributed by atoms with Gasteiger partial charge in [0.15, 0.2) is 0 Å². The summed E-state index contributed by atoms with van der Waals surface area (Å²) in [6.07, 6.45) is 0.511. The Balaban J connectivity index is 2.06. The number of rotatable bonds is 7. The number of halogens is 2. The summed E-state index contributed by atoms with van der Waals surface area (Å²) in [6.45, 7) is 7.72. The largest absolute Gasteiger partial charge is 0.501 e. The van der Waals surface area contributed by atoms with E-state index in [0.717, 1.165) is 22.2 Å². The Kier molecular flexibility index (Phi) is 5.87. The Bertz CT molecular complexity index is 1040. The van der Waals surface area contributed by atoms with Crippen molar-refractivity contribution in [2.24, 2.45) is 0 Å². The lowest BCUT2D eigenvalue weighted by atomic mass is 10.00. The molecule has 0 bridgehead atoms. The minimum absolute atomic E-state index is 0.0334. The molecule has 0 radical (unpaired) electrons. The number of fused-ring (bicyclic) bond motifs is 1. The third-order valence-electron chi connectivity index (χ3n) is 4.53. The van der Waals surface area contributed by atoms with Crippen LogP contribution in [0.5, 0.6) is 5.75 Å². The molecule has 0 aliphatic heterocycles. The summed E-state index contributed by atoms with van der Waals surface area (Å²) < 4.78 is 35.5. The van der Waals surface area contributed by atoms with Gasteiger partial charge in [0.05, 0.1) is 12.8 Å². The number of benzene rings is 1. The van der Waals surface area contributed by atoms with Crippen LogP contribution in [0, 0.1) is 0 Å². The van der Waals surface area contributed by atoms with E-state index >= 15 is 0 Å². The van der Waals surface area contributed by atoms with Crippen molar-refractivity contribution < 1.29 is 22.8 Å². The van der Waals surface area contributed by atoms with Crippen molar-refractivity contribution in [3.05, 3.63) is 71.3 Å². The Morgan fingerprint density at radius 1 is 1.21 bits per heavy atom. The quantitative estimate of drug-likeness (QED) is 0.253. The summed E-state index contributed by atoms with van der Waals surface area (Å²) in [7, 11) is -2.00. The van der Waals surface area contributed by atoms with Crippen LogP contribution in [0.1, 0.15) is 36.8 Å². The number of allylic oxidation sites excluding steroid dienone is 3. The average Bonchev–Trinajstić information content (AvgIpc) is 3.21. The van der Waals surface area contributed by atoms with E-state index in [4.69, 9.17) is 4.74 Å². The second-order valence-corrected chi connectivity index (χ2v) is 6.95. The molecule has 0 saturated heterocycles.